The van der Waals surface area contributed by atoms with E-state index in [-0.39, 0.29) is 4.83 Å². The lowest BCUT2D eigenvalue weighted by Crippen LogP contribution is -1.96. The quantitative estimate of drug-likeness (QED) is 0.628. The van der Waals surface area contributed by atoms with Gasteiger partial charge in [-0.2, -0.15) is 11.3 Å². The smallest absolute Gasteiger partial charge is 0.0465 e. The van der Waals surface area contributed by atoms with Crippen molar-refractivity contribution < 1.29 is 0 Å². The lowest BCUT2D eigenvalue weighted by atomic mass is 10.1. The van der Waals surface area contributed by atoms with Crippen LogP contribution in [0, 0.1) is 0 Å². The Bertz CT molecular complexity index is 448. The van der Waals surface area contributed by atoms with E-state index in [1.165, 1.54) is 5.56 Å². The van der Waals surface area contributed by atoms with Gasteiger partial charge in [-0.05, 0) is 40.9 Å². The van der Waals surface area contributed by atoms with Crippen LogP contribution in [0.25, 0.3) is 0 Å². The Morgan fingerprint density at radius 1 is 1.19 bits per heavy atom. The van der Waals surface area contributed by atoms with E-state index in [9.17, 15) is 0 Å². The van der Waals surface area contributed by atoms with Crippen molar-refractivity contribution in [2.75, 3.05) is 0 Å². The molecule has 4 heteroatoms. The molecule has 0 bridgehead atoms. The number of rotatable bonds is 3. The second-order valence-corrected chi connectivity index (χ2v) is 6.14. The predicted molar refractivity (Wildman–Crippen MR) is 76.2 cm³/mol. The third-order valence-electron chi connectivity index (χ3n) is 2.31. The lowest BCUT2D eigenvalue weighted by molar-refractivity contribution is 0.955. The van der Waals surface area contributed by atoms with Crippen molar-refractivity contribution in [2.24, 2.45) is 0 Å². The molecule has 2 aromatic rings. The van der Waals surface area contributed by atoms with Crippen LogP contribution in [0.15, 0.2) is 35.0 Å². The highest BCUT2D eigenvalue weighted by Crippen LogP contribution is 2.37. The standard InChI is InChI=1S/C12H9BrCl2S/c13-9(6-8-4-5-16-7-8)12-10(14)2-1-3-11(12)15/h1-5,7,9H,6H2. The minimum Gasteiger partial charge on any atom is -0.152 e. The first-order valence-electron chi connectivity index (χ1n) is 4.77. The molecule has 1 unspecified atom stereocenters. The van der Waals surface area contributed by atoms with Crippen molar-refractivity contribution in [2.45, 2.75) is 11.2 Å². The second-order valence-electron chi connectivity index (χ2n) is 3.44. The van der Waals surface area contributed by atoms with E-state index in [0.29, 0.717) is 10.0 Å². The van der Waals surface area contributed by atoms with Gasteiger partial charge < -0.3 is 0 Å². The first-order valence-corrected chi connectivity index (χ1v) is 7.39. The highest BCUT2D eigenvalue weighted by atomic mass is 79.9. The molecule has 0 aliphatic rings. The van der Waals surface area contributed by atoms with Gasteiger partial charge >= 0.3 is 0 Å². The van der Waals surface area contributed by atoms with Crippen molar-refractivity contribution in [3.63, 3.8) is 0 Å². The summed E-state index contributed by atoms with van der Waals surface area (Å²) in [6.45, 7) is 0. The van der Waals surface area contributed by atoms with Gasteiger partial charge in [0.15, 0.2) is 0 Å². The maximum Gasteiger partial charge on any atom is 0.0465 e. The lowest BCUT2D eigenvalue weighted by Gasteiger charge is -2.13. The molecule has 1 aromatic heterocycles. The van der Waals surface area contributed by atoms with Crippen LogP contribution in [0.2, 0.25) is 10.0 Å². The first-order chi connectivity index (χ1) is 7.68. The van der Waals surface area contributed by atoms with Crippen molar-refractivity contribution in [1.29, 1.82) is 0 Å². The number of benzene rings is 1. The summed E-state index contributed by atoms with van der Waals surface area (Å²) in [5.74, 6) is 0. The van der Waals surface area contributed by atoms with Crippen molar-refractivity contribution in [3.8, 4) is 0 Å². The maximum atomic E-state index is 6.15. The van der Waals surface area contributed by atoms with Crippen LogP contribution in [0.4, 0.5) is 0 Å². The van der Waals surface area contributed by atoms with Gasteiger partial charge in [0.25, 0.3) is 0 Å². The minimum absolute atomic E-state index is 0.156. The fourth-order valence-corrected chi connectivity index (χ4v) is 4.00. The zero-order valence-corrected chi connectivity index (χ0v) is 12.2. The van der Waals surface area contributed by atoms with Crippen LogP contribution in [-0.4, -0.2) is 0 Å². The van der Waals surface area contributed by atoms with E-state index in [1.54, 1.807) is 11.3 Å². The van der Waals surface area contributed by atoms with Crippen LogP contribution >= 0.6 is 50.5 Å². The zero-order valence-electron chi connectivity index (χ0n) is 8.29. The van der Waals surface area contributed by atoms with E-state index < -0.39 is 0 Å². The number of thiophene rings is 1. The van der Waals surface area contributed by atoms with Crippen LogP contribution in [-0.2, 0) is 6.42 Å². The zero-order chi connectivity index (χ0) is 11.5. The van der Waals surface area contributed by atoms with Crippen LogP contribution in [0.3, 0.4) is 0 Å². The average molecular weight is 336 g/mol. The van der Waals surface area contributed by atoms with Gasteiger partial charge in [0, 0.05) is 20.4 Å². The molecule has 0 fully saturated rings. The molecule has 0 saturated carbocycles. The van der Waals surface area contributed by atoms with Crippen molar-refractivity contribution in [1.82, 2.24) is 0 Å². The Kier molecular flexibility index (Phi) is 4.31. The number of hydrogen-bond donors (Lipinski definition) is 0. The van der Waals surface area contributed by atoms with E-state index in [1.807, 2.05) is 18.2 Å². The first kappa shape index (κ1) is 12.4. The molecule has 84 valence electrons. The molecule has 1 heterocycles. The molecule has 0 aliphatic carbocycles. The number of halogens is 3. The third kappa shape index (κ3) is 2.80. The summed E-state index contributed by atoms with van der Waals surface area (Å²) < 4.78 is 0. The molecule has 0 N–H and O–H groups in total. The molecule has 0 saturated heterocycles. The minimum atomic E-state index is 0.156. The van der Waals surface area contributed by atoms with Gasteiger partial charge in [-0.3, -0.25) is 0 Å². The fourth-order valence-electron chi connectivity index (χ4n) is 1.53. The number of alkyl halides is 1. The molecule has 0 amide bonds. The molecule has 0 radical (unpaired) electrons. The molecule has 1 aromatic carbocycles. The molecule has 0 aliphatic heterocycles. The van der Waals surface area contributed by atoms with Gasteiger partial charge in [0.2, 0.25) is 0 Å². The topological polar surface area (TPSA) is 0 Å². The summed E-state index contributed by atoms with van der Waals surface area (Å²) >= 11 is 17.6. The molecular formula is C12H9BrCl2S. The van der Waals surface area contributed by atoms with Crippen LogP contribution in [0.5, 0.6) is 0 Å². The Balaban J connectivity index is 2.24. The fraction of sp³-hybridized carbons (Fsp3) is 0.167. The molecule has 16 heavy (non-hydrogen) atoms. The van der Waals surface area contributed by atoms with Crippen molar-refractivity contribution >= 4 is 50.5 Å². The molecule has 0 nitrogen and oxygen atoms in total. The van der Waals surface area contributed by atoms with E-state index in [2.05, 4.69) is 32.8 Å². The summed E-state index contributed by atoms with van der Waals surface area (Å²) in [5.41, 5.74) is 2.26. The number of hydrogen-bond acceptors (Lipinski definition) is 1. The van der Waals surface area contributed by atoms with Crippen molar-refractivity contribution in [3.05, 3.63) is 56.2 Å². The second kappa shape index (κ2) is 5.54. The summed E-state index contributed by atoms with van der Waals surface area (Å²) in [6.07, 6.45) is 0.896. The van der Waals surface area contributed by atoms with Gasteiger partial charge in [-0.25, -0.2) is 0 Å². The largest absolute Gasteiger partial charge is 0.152 e. The Labute approximate surface area is 117 Å². The maximum absolute atomic E-state index is 6.15. The monoisotopic (exact) mass is 334 g/mol. The Morgan fingerprint density at radius 2 is 1.88 bits per heavy atom. The Morgan fingerprint density at radius 3 is 2.44 bits per heavy atom. The third-order valence-corrected chi connectivity index (χ3v) is 4.48. The average Bonchev–Trinajstić information content (AvgIpc) is 2.70. The van der Waals surface area contributed by atoms with E-state index >= 15 is 0 Å². The molecular weight excluding hydrogens is 327 g/mol. The Hall–Kier alpha value is -0.0200. The van der Waals surface area contributed by atoms with E-state index in [4.69, 9.17) is 23.2 Å². The van der Waals surface area contributed by atoms with Crippen LogP contribution in [0.1, 0.15) is 16.0 Å². The SMILES string of the molecule is Clc1cccc(Cl)c1C(Br)Cc1ccsc1. The molecule has 2 rings (SSSR count). The predicted octanol–water partition coefficient (Wildman–Crippen LogP) is 5.73. The van der Waals surface area contributed by atoms with Crippen LogP contribution < -0.4 is 0 Å². The summed E-state index contributed by atoms with van der Waals surface area (Å²) in [6, 6.07) is 7.71. The van der Waals surface area contributed by atoms with E-state index in [0.717, 1.165) is 12.0 Å². The summed E-state index contributed by atoms with van der Waals surface area (Å²) in [7, 11) is 0. The summed E-state index contributed by atoms with van der Waals surface area (Å²) in [5, 5.41) is 5.64. The van der Waals surface area contributed by atoms with Gasteiger partial charge in [0.05, 0.1) is 0 Å². The normalized spacial score (nSPS) is 12.7. The van der Waals surface area contributed by atoms with Gasteiger partial charge in [0.1, 0.15) is 0 Å². The highest BCUT2D eigenvalue weighted by molar-refractivity contribution is 9.09. The molecule has 0 spiro atoms. The molecule has 1 atom stereocenters. The summed E-state index contributed by atoms with van der Waals surface area (Å²) in [4.78, 5) is 0.156. The van der Waals surface area contributed by atoms with Gasteiger partial charge in [-0.15, -0.1) is 0 Å². The van der Waals surface area contributed by atoms with Gasteiger partial charge in [-0.1, -0.05) is 45.2 Å². The highest BCUT2D eigenvalue weighted by Gasteiger charge is 2.15.